The highest BCUT2D eigenvalue weighted by Gasteiger charge is 2.65. The molecule has 3 N–H and O–H groups in total. The van der Waals surface area contributed by atoms with Gasteiger partial charge in [-0.25, -0.2) is 0 Å². The van der Waals surface area contributed by atoms with Gasteiger partial charge in [0.05, 0.1) is 18.3 Å². The molecule has 0 amide bonds. The third-order valence-corrected chi connectivity index (χ3v) is 9.08. The minimum Gasteiger partial charge on any atom is -0.393 e. The summed E-state index contributed by atoms with van der Waals surface area (Å²) in [5.41, 5.74) is -0.178. The van der Waals surface area contributed by atoms with Crippen LogP contribution in [0, 0.1) is 40.4 Å². The quantitative estimate of drug-likeness (QED) is 0.679. The fraction of sp³-hybridized carbons (Fsp3) is 0.952. The normalized spacial score (nSPS) is 58.2. The van der Waals surface area contributed by atoms with Gasteiger partial charge in [-0.05, 0) is 86.4 Å². The Hall–Kier alpha value is -0.450. The van der Waals surface area contributed by atoms with Crippen molar-refractivity contribution in [1.29, 1.82) is 0 Å². The molecule has 0 spiro atoms. The van der Waals surface area contributed by atoms with E-state index < -0.39 is 12.2 Å². The van der Waals surface area contributed by atoms with Gasteiger partial charge in [0.2, 0.25) is 0 Å². The molecule has 4 aliphatic carbocycles. The van der Waals surface area contributed by atoms with Crippen molar-refractivity contribution in [1.82, 2.24) is 0 Å². The zero-order valence-electron chi connectivity index (χ0n) is 15.8. The van der Waals surface area contributed by atoms with Gasteiger partial charge in [0.25, 0.3) is 0 Å². The molecule has 4 aliphatic rings. The second-order valence-electron chi connectivity index (χ2n) is 10.2. The first-order chi connectivity index (χ1) is 11.7. The van der Waals surface area contributed by atoms with Crippen LogP contribution in [0.3, 0.4) is 0 Å². The largest absolute Gasteiger partial charge is 0.393 e. The SMILES string of the molecule is CC(=O)[C@H]1CC[C@H]2[C@@H]3C(O)CC4CC(O)CC[C@]4(C)[C@H]3C(O)C[C@]12C. The maximum absolute atomic E-state index is 12.2. The molecule has 4 nitrogen and oxygen atoms in total. The van der Waals surface area contributed by atoms with E-state index in [1.165, 1.54) is 0 Å². The number of carbonyl (C=O) groups excluding carboxylic acids is 1. The lowest BCUT2D eigenvalue weighted by molar-refractivity contribution is -0.211. The average molecular weight is 350 g/mol. The molecule has 4 rings (SSSR count). The van der Waals surface area contributed by atoms with Gasteiger partial charge in [-0.2, -0.15) is 0 Å². The summed E-state index contributed by atoms with van der Waals surface area (Å²) in [7, 11) is 0. The fourth-order valence-corrected chi connectivity index (χ4v) is 7.98. The molecular weight excluding hydrogens is 316 g/mol. The van der Waals surface area contributed by atoms with E-state index in [0.29, 0.717) is 12.3 Å². The molecule has 0 aliphatic heterocycles. The summed E-state index contributed by atoms with van der Waals surface area (Å²) in [5, 5.41) is 32.4. The smallest absolute Gasteiger partial charge is 0.133 e. The van der Waals surface area contributed by atoms with Gasteiger partial charge in [0.1, 0.15) is 5.78 Å². The van der Waals surface area contributed by atoms with E-state index in [-0.39, 0.29) is 46.4 Å². The van der Waals surface area contributed by atoms with Gasteiger partial charge >= 0.3 is 0 Å². The number of rotatable bonds is 1. The third kappa shape index (κ3) is 2.40. The van der Waals surface area contributed by atoms with E-state index in [1.807, 2.05) is 0 Å². The van der Waals surface area contributed by atoms with Gasteiger partial charge in [0, 0.05) is 5.92 Å². The van der Waals surface area contributed by atoms with Crippen molar-refractivity contribution >= 4 is 5.78 Å². The van der Waals surface area contributed by atoms with Crippen LogP contribution in [0.25, 0.3) is 0 Å². The Morgan fingerprint density at radius 1 is 0.960 bits per heavy atom. The molecule has 142 valence electrons. The molecule has 0 bridgehead atoms. The molecule has 4 heteroatoms. The molecular formula is C21H34O4. The maximum atomic E-state index is 12.2. The van der Waals surface area contributed by atoms with Gasteiger partial charge in [-0.3, -0.25) is 4.79 Å². The first-order valence-electron chi connectivity index (χ1n) is 10.2. The monoisotopic (exact) mass is 350 g/mol. The second-order valence-corrected chi connectivity index (χ2v) is 10.2. The molecule has 0 heterocycles. The predicted molar refractivity (Wildman–Crippen MR) is 94.7 cm³/mol. The Labute approximate surface area is 151 Å². The first-order valence-corrected chi connectivity index (χ1v) is 10.2. The standard InChI is InChI=1S/C21H34O4/c1-11(22)14-4-5-15-18-16(24)9-12-8-13(23)6-7-20(12,2)19(18)17(25)10-21(14,15)3/h12-19,23-25H,4-10H2,1-3H3/t12?,13?,14-,15+,16?,17?,18-,19+,20+,21-/m1/s1. The van der Waals surface area contributed by atoms with Crippen molar-refractivity contribution in [2.75, 3.05) is 0 Å². The number of aliphatic hydroxyl groups is 3. The number of carbonyl (C=O) groups is 1. The highest BCUT2D eigenvalue weighted by Crippen LogP contribution is 2.67. The summed E-state index contributed by atoms with van der Waals surface area (Å²) in [4.78, 5) is 12.2. The molecule has 4 fully saturated rings. The summed E-state index contributed by atoms with van der Waals surface area (Å²) in [6.07, 6.45) is 4.66. The van der Waals surface area contributed by atoms with E-state index in [1.54, 1.807) is 6.92 Å². The molecule has 0 aromatic heterocycles. The molecule has 0 aromatic carbocycles. The lowest BCUT2D eigenvalue weighted by Gasteiger charge is -2.63. The summed E-state index contributed by atoms with van der Waals surface area (Å²) < 4.78 is 0. The molecule has 0 aromatic rings. The van der Waals surface area contributed by atoms with E-state index >= 15 is 0 Å². The van der Waals surface area contributed by atoms with Crippen molar-refractivity contribution in [2.45, 2.75) is 84.0 Å². The Balaban J connectivity index is 1.72. The van der Waals surface area contributed by atoms with Crippen LogP contribution in [0.4, 0.5) is 0 Å². The highest BCUT2D eigenvalue weighted by atomic mass is 16.3. The van der Waals surface area contributed by atoms with Crippen LogP contribution in [0.2, 0.25) is 0 Å². The molecule has 0 saturated heterocycles. The van der Waals surface area contributed by atoms with Crippen molar-refractivity contribution in [3.05, 3.63) is 0 Å². The van der Waals surface area contributed by atoms with Crippen LogP contribution < -0.4 is 0 Å². The maximum Gasteiger partial charge on any atom is 0.133 e. The molecule has 10 atom stereocenters. The number of ketones is 1. The molecule has 0 radical (unpaired) electrons. The highest BCUT2D eigenvalue weighted by molar-refractivity contribution is 5.79. The van der Waals surface area contributed by atoms with E-state index in [2.05, 4.69) is 13.8 Å². The number of hydrogen-bond donors (Lipinski definition) is 3. The zero-order chi connectivity index (χ0) is 18.1. The van der Waals surface area contributed by atoms with E-state index in [4.69, 9.17) is 0 Å². The summed E-state index contributed by atoms with van der Waals surface area (Å²) >= 11 is 0. The average Bonchev–Trinajstić information content (AvgIpc) is 2.85. The van der Waals surface area contributed by atoms with E-state index in [9.17, 15) is 20.1 Å². The Bertz CT molecular complexity index is 562. The van der Waals surface area contributed by atoms with Crippen LogP contribution >= 0.6 is 0 Å². The van der Waals surface area contributed by atoms with Gasteiger partial charge in [-0.15, -0.1) is 0 Å². The van der Waals surface area contributed by atoms with Gasteiger partial charge < -0.3 is 15.3 Å². The Morgan fingerprint density at radius 2 is 1.68 bits per heavy atom. The summed E-state index contributed by atoms with van der Waals surface area (Å²) in [5.74, 6) is 1.07. The minimum absolute atomic E-state index is 0.00180. The number of Topliss-reactive ketones (excluding diaryl/α,β-unsaturated/α-hetero) is 1. The zero-order valence-corrected chi connectivity index (χ0v) is 15.8. The van der Waals surface area contributed by atoms with Gasteiger partial charge in [0.15, 0.2) is 0 Å². The first kappa shape index (κ1) is 17.9. The van der Waals surface area contributed by atoms with Crippen LogP contribution in [0.1, 0.15) is 65.7 Å². The van der Waals surface area contributed by atoms with Crippen molar-refractivity contribution in [3.63, 3.8) is 0 Å². The molecule has 25 heavy (non-hydrogen) atoms. The van der Waals surface area contributed by atoms with Crippen LogP contribution in [0.5, 0.6) is 0 Å². The van der Waals surface area contributed by atoms with E-state index in [0.717, 1.165) is 38.5 Å². The minimum atomic E-state index is -0.455. The second kappa shape index (κ2) is 5.77. The Morgan fingerprint density at radius 3 is 2.36 bits per heavy atom. The predicted octanol–water partition coefficient (Wildman–Crippen LogP) is 2.54. The van der Waals surface area contributed by atoms with Crippen molar-refractivity contribution < 1.29 is 20.1 Å². The van der Waals surface area contributed by atoms with Gasteiger partial charge in [-0.1, -0.05) is 13.8 Å². The topological polar surface area (TPSA) is 77.8 Å². The summed E-state index contributed by atoms with van der Waals surface area (Å²) in [6.45, 7) is 6.16. The fourth-order valence-electron chi connectivity index (χ4n) is 7.98. The van der Waals surface area contributed by atoms with Crippen molar-refractivity contribution in [2.24, 2.45) is 40.4 Å². The number of aliphatic hydroxyl groups excluding tert-OH is 3. The van der Waals surface area contributed by atoms with Crippen LogP contribution in [-0.4, -0.2) is 39.4 Å². The van der Waals surface area contributed by atoms with Crippen LogP contribution in [-0.2, 0) is 4.79 Å². The number of hydrogen-bond acceptors (Lipinski definition) is 4. The lowest BCUT2D eigenvalue weighted by Crippen LogP contribution is -2.63. The van der Waals surface area contributed by atoms with Crippen molar-refractivity contribution in [3.8, 4) is 0 Å². The lowest BCUT2D eigenvalue weighted by atomic mass is 9.43. The van der Waals surface area contributed by atoms with Crippen LogP contribution in [0.15, 0.2) is 0 Å². The molecule has 4 saturated carbocycles. The summed E-state index contributed by atoms with van der Waals surface area (Å²) in [6, 6.07) is 0. The third-order valence-electron chi connectivity index (χ3n) is 9.08. The number of fused-ring (bicyclic) bond motifs is 5. The Kier molecular flexibility index (Phi) is 4.14. The molecule has 4 unspecified atom stereocenters.